The molecule has 0 spiro atoms. The van der Waals surface area contributed by atoms with Gasteiger partial charge in [-0.25, -0.2) is 0 Å². The number of ether oxygens (including phenoxy) is 3. The summed E-state index contributed by atoms with van der Waals surface area (Å²) in [6.45, 7) is 1.61. The van der Waals surface area contributed by atoms with Crippen LogP contribution in [0.3, 0.4) is 0 Å². The van der Waals surface area contributed by atoms with Gasteiger partial charge in [0.2, 0.25) is 0 Å². The molecule has 1 fully saturated rings. The van der Waals surface area contributed by atoms with Crippen LogP contribution in [0.15, 0.2) is 66.9 Å². The highest BCUT2D eigenvalue weighted by atomic mass is 19.4. The van der Waals surface area contributed by atoms with E-state index in [9.17, 15) is 18.0 Å². The molecular weight excluding hydrogens is 583 g/mol. The maximum Gasteiger partial charge on any atom is 0.416 e. The van der Waals surface area contributed by atoms with Gasteiger partial charge in [-0.3, -0.25) is 9.78 Å². The summed E-state index contributed by atoms with van der Waals surface area (Å²) in [4.78, 5) is 20.0. The number of nitrogens with zero attached hydrogens (tertiary/aromatic N) is 2. The summed E-state index contributed by atoms with van der Waals surface area (Å²) in [5.74, 6) is 1.35. The highest BCUT2D eigenvalue weighted by Crippen LogP contribution is 2.38. The van der Waals surface area contributed by atoms with Crippen molar-refractivity contribution in [3.8, 4) is 23.0 Å². The van der Waals surface area contributed by atoms with Crippen LogP contribution in [0.25, 0.3) is 21.7 Å². The number of hydrogen-bond donors (Lipinski definition) is 1. The first-order valence-electron chi connectivity index (χ1n) is 14.4. The van der Waals surface area contributed by atoms with E-state index in [-0.39, 0.29) is 17.2 Å². The number of aromatic nitrogens is 1. The van der Waals surface area contributed by atoms with Crippen molar-refractivity contribution in [3.63, 3.8) is 0 Å². The quantitative estimate of drug-likeness (QED) is 0.201. The number of piperidine rings is 1. The van der Waals surface area contributed by atoms with Crippen molar-refractivity contribution in [1.82, 2.24) is 9.88 Å². The summed E-state index contributed by atoms with van der Waals surface area (Å²) >= 11 is 0. The second-order valence-corrected chi connectivity index (χ2v) is 11.0. The van der Waals surface area contributed by atoms with Crippen LogP contribution in [-0.4, -0.2) is 50.1 Å². The van der Waals surface area contributed by atoms with Crippen molar-refractivity contribution in [2.24, 2.45) is 0 Å². The molecule has 10 heteroatoms. The Morgan fingerprint density at radius 3 is 2.44 bits per heavy atom. The lowest BCUT2D eigenvalue weighted by molar-refractivity contribution is -0.137. The van der Waals surface area contributed by atoms with Crippen molar-refractivity contribution < 1.29 is 32.2 Å². The van der Waals surface area contributed by atoms with E-state index < -0.39 is 17.6 Å². The fraction of sp³-hybridized carbons (Fsp3) is 0.257. The Bertz CT molecular complexity index is 1880. The van der Waals surface area contributed by atoms with E-state index in [0.717, 1.165) is 32.0 Å². The number of benzene rings is 3. The minimum atomic E-state index is -4.54. The zero-order valence-electron chi connectivity index (χ0n) is 24.9. The van der Waals surface area contributed by atoms with Crippen LogP contribution in [0, 0.1) is 12.1 Å². The SMILES string of the molecule is COc1cc2nccc(Oc3c#cc4c(C(=O)Nc5cc(C6CCN(C)CC6)cc(C(F)(F)F)c5)cccc4c3)c2cc1OC. The minimum absolute atomic E-state index is 0.0151. The predicted octanol–water partition coefficient (Wildman–Crippen LogP) is 7.88. The number of pyridine rings is 1. The van der Waals surface area contributed by atoms with Crippen molar-refractivity contribution in [1.29, 1.82) is 0 Å². The van der Waals surface area contributed by atoms with Gasteiger partial charge in [0.25, 0.3) is 5.91 Å². The normalized spacial score (nSPS) is 14.3. The van der Waals surface area contributed by atoms with E-state index in [0.29, 0.717) is 50.2 Å². The molecule has 1 aromatic heterocycles. The van der Waals surface area contributed by atoms with Crippen LogP contribution in [0.4, 0.5) is 18.9 Å². The van der Waals surface area contributed by atoms with Gasteiger partial charge in [0.1, 0.15) is 5.75 Å². The summed E-state index contributed by atoms with van der Waals surface area (Å²) < 4.78 is 58.5. The van der Waals surface area contributed by atoms with Gasteiger partial charge in [-0.05, 0) is 98.4 Å². The first-order valence-corrected chi connectivity index (χ1v) is 14.4. The third-order valence-corrected chi connectivity index (χ3v) is 8.10. The molecule has 4 aromatic carbocycles. The van der Waals surface area contributed by atoms with Crippen LogP contribution in [0.2, 0.25) is 0 Å². The molecule has 6 rings (SSSR count). The van der Waals surface area contributed by atoms with Gasteiger partial charge in [-0.1, -0.05) is 18.2 Å². The molecule has 2 heterocycles. The number of hydrogen-bond acceptors (Lipinski definition) is 6. The van der Waals surface area contributed by atoms with Gasteiger partial charge in [0, 0.05) is 28.7 Å². The van der Waals surface area contributed by atoms with E-state index in [1.54, 1.807) is 68.9 Å². The number of nitrogens with one attached hydrogen (secondary N) is 1. The molecule has 0 aliphatic carbocycles. The van der Waals surface area contributed by atoms with Crippen LogP contribution in [0.1, 0.15) is 40.2 Å². The van der Waals surface area contributed by atoms with Crippen molar-refractivity contribution >= 4 is 33.3 Å². The number of anilines is 1. The summed E-state index contributed by atoms with van der Waals surface area (Å²) in [7, 11) is 5.09. The molecule has 0 saturated carbocycles. The second kappa shape index (κ2) is 12.2. The molecule has 1 saturated heterocycles. The van der Waals surface area contributed by atoms with Gasteiger partial charge in [-0.2, -0.15) is 13.2 Å². The Labute approximate surface area is 258 Å². The third kappa shape index (κ3) is 6.30. The fourth-order valence-electron chi connectivity index (χ4n) is 5.69. The van der Waals surface area contributed by atoms with Gasteiger partial charge in [0.05, 0.1) is 30.9 Å². The largest absolute Gasteiger partial charge is 0.493 e. The molecule has 0 atom stereocenters. The van der Waals surface area contributed by atoms with E-state index in [2.05, 4.69) is 27.3 Å². The fourth-order valence-corrected chi connectivity index (χ4v) is 5.69. The van der Waals surface area contributed by atoms with E-state index in [4.69, 9.17) is 14.2 Å². The number of likely N-dealkylation sites (tertiary alicyclic amines) is 1. The third-order valence-electron chi connectivity index (χ3n) is 8.10. The van der Waals surface area contributed by atoms with E-state index in [1.165, 1.54) is 6.07 Å². The smallest absolute Gasteiger partial charge is 0.416 e. The number of methoxy groups -OCH3 is 2. The molecule has 45 heavy (non-hydrogen) atoms. The van der Waals surface area contributed by atoms with Crippen molar-refractivity contribution in [3.05, 3.63) is 95.7 Å². The number of carbonyl (C=O) groups excluding carboxylic acids is 1. The Morgan fingerprint density at radius 2 is 1.71 bits per heavy atom. The van der Waals surface area contributed by atoms with Crippen molar-refractivity contribution in [2.75, 3.05) is 39.7 Å². The standard InChI is InChI=1S/C35H30F3N3O4/c1-41-13-10-21(11-14-41)23-15-24(35(36,37)38)18-25(16-23)40-34(42)28-6-4-5-22-17-26(7-8-27(22)28)45-31-9-12-39-30-20-33(44-3)32(43-2)19-29(30)31/h4-6,9,12,15-21H,10-11,13-14H2,1-3H3,(H,40,42). The Hall–Kier alpha value is -5.01. The molecule has 5 aromatic rings. The van der Waals surface area contributed by atoms with Crippen LogP contribution in [-0.2, 0) is 6.18 Å². The zero-order valence-corrected chi connectivity index (χ0v) is 24.9. The molecule has 230 valence electrons. The predicted molar refractivity (Wildman–Crippen MR) is 165 cm³/mol. The Morgan fingerprint density at radius 1 is 0.956 bits per heavy atom. The number of carbonyl (C=O) groups is 1. The monoisotopic (exact) mass is 613 g/mol. The maximum atomic E-state index is 13.8. The molecule has 1 aliphatic rings. The number of amides is 1. The first-order chi connectivity index (χ1) is 21.6. The van der Waals surface area contributed by atoms with Crippen LogP contribution < -0.4 is 19.5 Å². The summed E-state index contributed by atoms with van der Waals surface area (Å²) in [6.07, 6.45) is -1.43. The average molecular weight is 614 g/mol. The lowest BCUT2D eigenvalue weighted by Gasteiger charge is -2.29. The van der Waals surface area contributed by atoms with Crippen LogP contribution >= 0.6 is 0 Å². The molecular formula is C35H30F3N3O4. The van der Waals surface area contributed by atoms with Gasteiger partial charge < -0.3 is 24.4 Å². The van der Waals surface area contributed by atoms with E-state index >= 15 is 0 Å². The van der Waals surface area contributed by atoms with Crippen LogP contribution in [0.5, 0.6) is 23.0 Å². The summed E-state index contributed by atoms with van der Waals surface area (Å²) in [5, 5.41) is 4.49. The highest BCUT2D eigenvalue weighted by Gasteiger charge is 2.32. The molecule has 0 unspecified atom stereocenters. The number of fused-ring (bicyclic) bond motifs is 2. The topological polar surface area (TPSA) is 72.9 Å². The molecule has 1 aliphatic heterocycles. The zero-order chi connectivity index (χ0) is 31.7. The number of rotatable bonds is 7. The minimum Gasteiger partial charge on any atom is -0.493 e. The number of alkyl halides is 3. The average Bonchev–Trinajstić information content (AvgIpc) is 3.03. The number of halogens is 3. The Kier molecular flexibility index (Phi) is 8.12. The molecule has 0 radical (unpaired) electrons. The highest BCUT2D eigenvalue weighted by molar-refractivity contribution is 6.12. The lowest BCUT2D eigenvalue weighted by atomic mass is 9.88. The van der Waals surface area contributed by atoms with Gasteiger partial charge in [-0.15, -0.1) is 0 Å². The maximum absolute atomic E-state index is 13.8. The summed E-state index contributed by atoms with van der Waals surface area (Å²) in [6, 6.07) is 21.9. The lowest BCUT2D eigenvalue weighted by Crippen LogP contribution is -2.29. The van der Waals surface area contributed by atoms with Gasteiger partial charge >= 0.3 is 6.18 Å². The summed E-state index contributed by atoms with van der Waals surface area (Å²) in [5.41, 5.74) is 0.782. The Balaban J connectivity index is 1.28. The molecule has 7 nitrogen and oxygen atoms in total. The van der Waals surface area contributed by atoms with E-state index in [1.807, 2.05) is 7.05 Å². The van der Waals surface area contributed by atoms with Gasteiger partial charge in [0.15, 0.2) is 17.2 Å². The second-order valence-electron chi connectivity index (χ2n) is 11.0. The molecule has 0 bridgehead atoms. The molecule has 1 N–H and O–H groups in total. The van der Waals surface area contributed by atoms with Crippen molar-refractivity contribution in [2.45, 2.75) is 24.9 Å². The first kappa shape index (κ1) is 30.0. The molecule has 1 amide bonds.